The lowest BCUT2D eigenvalue weighted by Crippen LogP contribution is -2.34. The van der Waals surface area contributed by atoms with Gasteiger partial charge in [0, 0.05) is 28.8 Å². The first-order valence-corrected chi connectivity index (χ1v) is 9.17. The number of amides is 1. The maximum absolute atomic E-state index is 12.6. The molecule has 0 bridgehead atoms. The second-order valence-electron chi connectivity index (χ2n) is 6.51. The van der Waals surface area contributed by atoms with Crippen molar-refractivity contribution in [2.75, 3.05) is 27.7 Å². The Balaban J connectivity index is 1.71. The number of hydrogen-bond donors (Lipinski definition) is 1. The van der Waals surface area contributed by atoms with E-state index in [4.69, 9.17) is 20.9 Å². The Morgan fingerprint density at radius 3 is 2.61 bits per heavy atom. The van der Waals surface area contributed by atoms with Crippen molar-refractivity contribution in [1.29, 1.82) is 0 Å². The zero-order valence-electron chi connectivity index (χ0n) is 16.0. The molecule has 1 aromatic heterocycles. The van der Waals surface area contributed by atoms with Gasteiger partial charge in [-0.2, -0.15) is 0 Å². The minimum absolute atomic E-state index is 0.0530. The normalized spacial score (nSPS) is 12.0. The van der Waals surface area contributed by atoms with Crippen LogP contribution >= 0.6 is 11.6 Å². The Labute approximate surface area is 169 Å². The van der Waals surface area contributed by atoms with Crippen LogP contribution in [0, 0.1) is 0 Å². The molecule has 0 radical (unpaired) electrons. The number of ether oxygens (including phenoxy) is 1. The summed E-state index contributed by atoms with van der Waals surface area (Å²) in [6.07, 6.45) is 0. The van der Waals surface area contributed by atoms with Gasteiger partial charge in [-0.25, -0.2) is 0 Å². The smallest absolute Gasteiger partial charge is 0.273 e. The molecule has 0 unspecified atom stereocenters. The number of benzene rings is 2. The van der Waals surface area contributed by atoms with E-state index in [-0.39, 0.29) is 17.6 Å². The first-order chi connectivity index (χ1) is 13.5. The first-order valence-electron chi connectivity index (χ1n) is 8.79. The number of para-hydroxylation sites is 1. The molecule has 1 heterocycles. The summed E-state index contributed by atoms with van der Waals surface area (Å²) in [5, 5.41) is 7.44. The SMILES string of the molecule is COc1ccccc1[C@H](CNC(=O)c1cc(-c2ccc(Cl)cc2)on1)N(C)C. The van der Waals surface area contributed by atoms with Gasteiger partial charge in [-0.3, -0.25) is 4.79 Å². The van der Waals surface area contributed by atoms with Gasteiger partial charge in [-0.15, -0.1) is 0 Å². The summed E-state index contributed by atoms with van der Waals surface area (Å²) in [5.41, 5.74) is 2.02. The molecular formula is C21H22ClN3O3. The molecule has 0 aliphatic rings. The molecule has 1 atom stereocenters. The minimum Gasteiger partial charge on any atom is -0.496 e. The van der Waals surface area contributed by atoms with Crippen molar-refractivity contribution in [3.8, 4) is 17.1 Å². The van der Waals surface area contributed by atoms with E-state index < -0.39 is 0 Å². The summed E-state index contributed by atoms with van der Waals surface area (Å²) in [5.74, 6) is 0.989. The van der Waals surface area contributed by atoms with Gasteiger partial charge in [0.2, 0.25) is 0 Å². The third kappa shape index (κ3) is 4.52. The van der Waals surface area contributed by atoms with E-state index in [1.54, 1.807) is 25.3 Å². The fraction of sp³-hybridized carbons (Fsp3) is 0.238. The summed E-state index contributed by atoms with van der Waals surface area (Å²) < 4.78 is 10.8. The fourth-order valence-electron chi connectivity index (χ4n) is 2.92. The summed E-state index contributed by atoms with van der Waals surface area (Å²) in [6, 6.07) is 16.5. The molecule has 146 valence electrons. The van der Waals surface area contributed by atoms with Crippen molar-refractivity contribution in [2.24, 2.45) is 0 Å². The molecular weight excluding hydrogens is 378 g/mol. The maximum atomic E-state index is 12.6. The van der Waals surface area contributed by atoms with Gasteiger partial charge in [0.1, 0.15) is 5.75 Å². The number of hydrogen-bond acceptors (Lipinski definition) is 5. The number of methoxy groups -OCH3 is 1. The van der Waals surface area contributed by atoms with Crippen LogP contribution in [0.4, 0.5) is 0 Å². The molecule has 0 fully saturated rings. The van der Waals surface area contributed by atoms with Gasteiger partial charge in [0.15, 0.2) is 11.5 Å². The summed E-state index contributed by atoms with van der Waals surface area (Å²) in [4.78, 5) is 14.6. The quantitative estimate of drug-likeness (QED) is 0.649. The molecule has 3 rings (SSSR count). The Kier molecular flexibility index (Phi) is 6.34. The second-order valence-corrected chi connectivity index (χ2v) is 6.95. The number of rotatable bonds is 7. The van der Waals surface area contributed by atoms with Gasteiger partial charge in [0.25, 0.3) is 5.91 Å². The number of halogens is 1. The lowest BCUT2D eigenvalue weighted by Gasteiger charge is -2.26. The Morgan fingerprint density at radius 2 is 1.93 bits per heavy atom. The average Bonchev–Trinajstić information content (AvgIpc) is 3.19. The molecule has 0 saturated carbocycles. The number of nitrogens with zero attached hydrogens (tertiary/aromatic N) is 2. The number of likely N-dealkylation sites (N-methyl/N-ethyl adjacent to an activating group) is 1. The Bertz CT molecular complexity index is 938. The van der Waals surface area contributed by atoms with Gasteiger partial charge in [-0.05, 0) is 44.4 Å². The minimum atomic E-state index is -0.300. The molecule has 6 nitrogen and oxygen atoms in total. The standard InChI is InChI=1S/C21H22ClN3O3/c1-25(2)18(16-6-4-5-7-19(16)27-3)13-23-21(26)17-12-20(28-24-17)14-8-10-15(22)11-9-14/h4-12,18H,13H2,1-3H3,(H,23,26)/t18-/m0/s1. The summed E-state index contributed by atoms with van der Waals surface area (Å²) >= 11 is 5.90. The third-order valence-corrected chi connectivity index (χ3v) is 4.70. The van der Waals surface area contributed by atoms with Crippen LogP contribution in [-0.2, 0) is 0 Å². The van der Waals surface area contributed by atoms with Crippen molar-refractivity contribution in [3.05, 3.63) is 70.9 Å². The van der Waals surface area contributed by atoms with E-state index >= 15 is 0 Å². The van der Waals surface area contributed by atoms with Gasteiger partial charge in [-0.1, -0.05) is 35.0 Å². The highest BCUT2D eigenvalue weighted by atomic mass is 35.5. The molecule has 0 spiro atoms. The summed E-state index contributed by atoms with van der Waals surface area (Å²) in [6.45, 7) is 0.398. The van der Waals surface area contributed by atoms with Crippen LogP contribution in [0.2, 0.25) is 5.02 Å². The molecule has 28 heavy (non-hydrogen) atoms. The van der Waals surface area contributed by atoms with Gasteiger partial charge in [0.05, 0.1) is 13.2 Å². The van der Waals surface area contributed by atoms with Gasteiger partial charge < -0.3 is 19.5 Å². The average molecular weight is 400 g/mol. The van der Waals surface area contributed by atoms with Crippen LogP contribution in [0.5, 0.6) is 5.75 Å². The number of carbonyl (C=O) groups excluding carboxylic acids is 1. The van der Waals surface area contributed by atoms with E-state index in [1.165, 1.54) is 0 Å². The van der Waals surface area contributed by atoms with E-state index in [2.05, 4.69) is 10.5 Å². The number of aromatic nitrogens is 1. The molecule has 0 aliphatic heterocycles. The Morgan fingerprint density at radius 1 is 1.21 bits per heavy atom. The molecule has 0 aliphatic carbocycles. The fourth-order valence-corrected chi connectivity index (χ4v) is 3.05. The lowest BCUT2D eigenvalue weighted by molar-refractivity contribution is 0.0932. The van der Waals surface area contributed by atoms with E-state index in [0.29, 0.717) is 17.3 Å². The van der Waals surface area contributed by atoms with Crippen molar-refractivity contribution in [1.82, 2.24) is 15.4 Å². The predicted molar refractivity (Wildman–Crippen MR) is 109 cm³/mol. The van der Waals surface area contributed by atoms with E-state index in [1.807, 2.05) is 55.4 Å². The van der Waals surface area contributed by atoms with Crippen LogP contribution in [0.15, 0.2) is 59.1 Å². The van der Waals surface area contributed by atoms with Gasteiger partial charge >= 0.3 is 0 Å². The highest BCUT2D eigenvalue weighted by molar-refractivity contribution is 6.30. The maximum Gasteiger partial charge on any atom is 0.273 e. The Hall–Kier alpha value is -2.83. The molecule has 3 aromatic rings. The lowest BCUT2D eigenvalue weighted by atomic mass is 10.0. The molecule has 0 saturated heterocycles. The molecule has 7 heteroatoms. The predicted octanol–water partition coefficient (Wildman–Crippen LogP) is 4.04. The second kappa shape index (κ2) is 8.91. The summed E-state index contributed by atoms with van der Waals surface area (Å²) in [7, 11) is 5.55. The zero-order valence-corrected chi connectivity index (χ0v) is 16.7. The number of carbonyl (C=O) groups is 1. The molecule has 1 N–H and O–H groups in total. The van der Waals surface area contributed by atoms with Crippen LogP contribution in [0.1, 0.15) is 22.1 Å². The third-order valence-electron chi connectivity index (χ3n) is 4.45. The largest absolute Gasteiger partial charge is 0.496 e. The molecule has 2 aromatic carbocycles. The van der Waals surface area contributed by atoms with E-state index in [9.17, 15) is 4.79 Å². The number of nitrogens with one attached hydrogen (secondary N) is 1. The van der Waals surface area contributed by atoms with Crippen molar-refractivity contribution in [3.63, 3.8) is 0 Å². The molecule has 1 amide bonds. The topological polar surface area (TPSA) is 67.6 Å². The van der Waals surface area contributed by atoms with Crippen LogP contribution < -0.4 is 10.1 Å². The van der Waals surface area contributed by atoms with Crippen LogP contribution in [0.25, 0.3) is 11.3 Å². The van der Waals surface area contributed by atoms with Crippen molar-refractivity contribution >= 4 is 17.5 Å². The van der Waals surface area contributed by atoms with E-state index in [0.717, 1.165) is 16.9 Å². The van der Waals surface area contributed by atoms with Crippen molar-refractivity contribution < 1.29 is 14.1 Å². The van der Waals surface area contributed by atoms with Crippen LogP contribution in [-0.4, -0.2) is 43.7 Å². The van der Waals surface area contributed by atoms with Crippen molar-refractivity contribution in [2.45, 2.75) is 6.04 Å². The first kappa shape index (κ1) is 19.9. The zero-order chi connectivity index (χ0) is 20.1. The van der Waals surface area contributed by atoms with Crippen LogP contribution in [0.3, 0.4) is 0 Å². The highest BCUT2D eigenvalue weighted by Gasteiger charge is 2.20. The monoisotopic (exact) mass is 399 g/mol. The highest BCUT2D eigenvalue weighted by Crippen LogP contribution is 2.27.